The second-order valence-electron chi connectivity index (χ2n) is 9.94. The molecule has 0 saturated heterocycles. The van der Waals surface area contributed by atoms with E-state index in [0.29, 0.717) is 0 Å². The smallest absolute Gasteiger partial charge is 0.0547 e. The molecule has 0 bridgehead atoms. The summed E-state index contributed by atoms with van der Waals surface area (Å²) in [5, 5.41) is 2.54. The first-order valence-corrected chi connectivity index (χ1v) is 13.3. The summed E-state index contributed by atoms with van der Waals surface area (Å²) in [4.78, 5) is 2.21. The second kappa shape index (κ2) is 9.66. The normalized spacial score (nSPS) is 11.2. The van der Waals surface area contributed by atoms with Gasteiger partial charge in [-0.1, -0.05) is 103 Å². The van der Waals surface area contributed by atoms with Gasteiger partial charge in [-0.3, -0.25) is 0 Å². The van der Waals surface area contributed by atoms with Crippen molar-refractivity contribution in [2.45, 2.75) is 0 Å². The summed E-state index contributed by atoms with van der Waals surface area (Å²) in [7, 11) is 2.11. The molecule has 186 valence electrons. The number of para-hydroxylation sites is 2. The van der Waals surface area contributed by atoms with Crippen molar-refractivity contribution in [3.05, 3.63) is 152 Å². The monoisotopic (exact) mass is 500 g/mol. The highest BCUT2D eigenvalue weighted by molar-refractivity contribution is 6.10. The Bertz CT molecular complexity index is 1880. The molecule has 0 aliphatic rings. The molecule has 2 nitrogen and oxygen atoms in total. The minimum absolute atomic E-state index is 1.16. The molecule has 1 heterocycles. The van der Waals surface area contributed by atoms with Crippen LogP contribution in [0.1, 0.15) is 0 Å². The molecule has 0 unspecified atom stereocenters. The quantitative estimate of drug-likeness (QED) is 0.228. The van der Waals surface area contributed by atoms with Crippen LogP contribution in [0.4, 0.5) is 11.4 Å². The van der Waals surface area contributed by atoms with E-state index in [1.165, 1.54) is 55.4 Å². The Morgan fingerprint density at radius 3 is 1.67 bits per heavy atom. The molecule has 0 radical (unpaired) electrons. The van der Waals surface area contributed by atoms with Crippen LogP contribution < -0.4 is 4.90 Å². The molecule has 7 rings (SSSR count). The second-order valence-corrected chi connectivity index (χ2v) is 9.94. The van der Waals surface area contributed by atoms with Gasteiger partial charge in [-0.05, 0) is 70.8 Å². The zero-order valence-electron chi connectivity index (χ0n) is 21.8. The van der Waals surface area contributed by atoms with E-state index < -0.39 is 0 Å². The van der Waals surface area contributed by atoms with Crippen LogP contribution in [0.15, 0.2) is 152 Å². The first-order chi connectivity index (χ1) is 19.3. The van der Waals surface area contributed by atoms with Crippen LogP contribution in [0.3, 0.4) is 0 Å². The molecule has 6 aromatic carbocycles. The summed E-state index contributed by atoms with van der Waals surface area (Å²) >= 11 is 0. The Kier molecular flexibility index (Phi) is 5.71. The fraction of sp³-hybridized carbons (Fsp3) is 0.0270. The third-order valence-corrected chi connectivity index (χ3v) is 7.64. The lowest BCUT2D eigenvalue weighted by Crippen LogP contribution is -2.08. The molecule has 2 heteroatoms. The zero-order chi connectivity index (χ0) is 26.2. The Hall–Kier alpha value is -5.08. The Balaban J connectivity index is 1.31. The van der Waals surface area contributed by atoms with Gasteiger partial charge in [-0.2, -0.15) is 0 Å². The van der Waals surface area contributed by atoms with Crippen molar-refractivity contribution >= 4 is 33.2 Å². The van der Waals surface area contributed by atoms with Gasteiger partial charge in [0.25, 0.3) is 0 Å². The van der Waals surface area contributed by atoms with Crippen molar-refractivity contribution < 1.29 is 0 Å². The maximum atomic E-state index is 2.39. The number of nitrogens with zero attached hydrogens (tertiary/aromatic N) is 2. The predicted molar refractivity (Wildman–Crippen MR) is 166 cm³/mol. The summed E-state index contributed by atoms with van der Waals surface area (Å²) in [5.74, 6) is 0. The molecule has 0 atom stereocenters. The predicted octanol–water partition coefficient (Wildman–Crippen LogP) is 9.89. The highest BCUT2D eigenvalue weighted by Crippen LogP contribution is 2.36. The van der Waals surface area contributed by atoms with Gasteiger partial charge in [0.1, 0.15) is 0 Å². The molecular weight excluding hydrogens is 472 g/mol. The topological polar surface area (TPSA) is 8.17 Å². The van der Waals surface area contributed by atoms with Crippen LogP contribution >= 0.6 is 0 Å². The number of anilines is 2. The van der Waals surface area contributed by atoms with E-state index in [1.54, 1.807) is 0 Å². The lowest BCUT2D eigenvalue weighted by Gasteiger charge is -2.19. The minimum Gasteiger partial charge on any atom is -0.345 e. The maximum absolute atomic E-state index is 2.39. The van der Waals surface area contributed by atoms with E-state index in [-0.39, 0.29) is 0 Å². The molecule has 1 aromatic heterocycles. The van der Waals surface area contributed by atoms with Gasteiger partial charge < -0.3 is 9.47 Å². The molecule has 7 aromatic rings. The van der Waals surface area contributed by atoms with Gasteiger partial charge in [0.15, 0.2) is 0 Å². The van der Waals surface area contributed by atoms with Crippen molar-refractivity contribution in [2.75, 3.05) is 11.9 Å². The van der Waals surface area contributed by atoms with Crippen molar-refractivity contribution in [2.24, 2.45) is 0 Å². The number of rotatable bonds is 5. The van der Waals surface area contributed by atoms with E-state index in [0.717, 1.165) is 5.69 Å². The van der Waals surface area contributed by atoms with Crippen LogP contribution in [0.2, 0.25) is 0 Å². The highest BCUT2D eigenvalue weighted by atomic mass is 15.1. The molecule has 0 spiro atoms. The van der Waals surface area contributed by atoms with Gasteiger partial charge in [-0.15, -0.1) is 0 Å². The molecular formula is C37H28N2. The molecule has 39 heavy (non-hydrogen) atoms. The number of aromatic nitrogens is 1. The van der Waals surface area contributed by atoms with E-state index in [4.69, 9.17) is 0 Å². The number of hydrogen-bond acceptors (Lipinski definition) is 1. The summed E-state index contributed by atoms with van der Waals surface area (Å²) in [6.07, 6.45) is 0. The third kappa shape index (κ3) is 4.17. The van der Waals surface area contributed by atoms with Crippen LogP contribution in [0.5, 0.6) is 0 Å². The fourth-order valence-electron chi connectivity index (χ4n) is 5.54. The summed E-state index contributed by atoms with van der Waals surface area (Å²) in [6, 6.07) is 54.3. The number of fused-ring (bicyclic) bond motifs is 3. The van der Waals surface area contributed by atoms with Crippen LogP contribution in [0.25, 0.3) is 49.7 Å². The molecule has 0 N–H and O–H groups in total. The summed E-state index contributed by atoms with van der Waals surface area (Å²) in [6.45, 7) is 0. The van der Waals surface area contributed by atoms with Gasteiger partial charge in [0.05, 0.1) is 11.0 Å². The van der Waals surface area contributed by atoms with Crippen LogP contribution in [0, 0.1) is 0 Å². The first kappa shape index (κ1) is 23.1. The standard InChI is InChI=1S/C37H28N2/c1-38(31-12-6-3-7-13-31)32-21-16-29(17-22-32)30-20-25-35-34-14-8-9-15-36(34)39(37(35)26-30)33-23-18-28(19-24-33)27-10-4-2-5-11-27/h2-26H,1H3. The Morgan fingerprint density at radius 2 is 0.923 bits per heavy atom. The van der Waals surface area contributed by atoms with Crippen molar-refractivity contribution in [3.8, 4) is 27.9 Å². The average molecular weight is 501 g/mol. The molecule has 0 aliphatic carbocycles. The Morgan fingerprint density at radius 1 is 0.410 bits per heavy atom. The lowest BCUT2D eigenvalue weighted by molar-refractivity contribution is 1.18. The summed E-state index contributed by atoms with van der Waals surface area (Å²) < 4.78 is 2.39. The first-order valence-electron chi connectivity index (χ1n) is 13.3. The molecule has 0 amide bonds. The van der Waals surface area contributed by atoms with Crippen molar-refractivity contribution in [3.63, 3.8) is 0 Å². The average Bonchev–Trinajstić information content (AvgIpc) is 3.35. The van der Waals surface area contributed by atoms with Crippen molar-refractivity contribution in [1.82, 2.24) is 4.57 Å². The minimum atomic E-state index is 1.16. The van der Waals surface area contributed by atoms with Gasteiger partial charge in [-0.25, -0.2) is 0 Å². The van der Waals surface area contributed by atoms with Gasteiger partial charge >= 0.3 is 0 Å². The van der Waals surface area contributed by atoms with Crippen molar-refractivity contribution in [1.29, 1.82) is 0 Å². The fourth-order valence-corrected chi connectivity index (χ4v) is 5.54. The van der Waals surface area contributed by atoms with Crippen LogP contribution in [-0.2, 0) is 0 Å². The third-order valence-electron chi connectivity index (χ3n) is 7.64. The molecule has 0 fully saturated rings. The molecule has 0 saturated carbocycles. The SMILES string of the molecule is CN(c1ccccc1)c1ccc(-c2ccc3c4ccccc4n(-c4ccc(-c5ccccc5)cc4)c3c2)cc1. The van der Waals surface area contributed by atoms with E-state index in [1.807, 2.05) is 6.07 Å². The van der Waals surface area contributed by atoms with Gasteiger partial charge in [0, 0.05) is 34.9 Å². The number of hydrogen-bond donors (Lipinski definition) is 0. The van der Waals surface area contributed by atoms with E-state index in [9.17, 15) is 0 Å². The highest BCUT2D eigenvalue weighted by Gasteiger charge is 2.14. The Labute approximate surface area is 229 Å². The lowest BCUT2D eigenvalue weighted by atomic mass is 10.0. The van der Waals surface area contributed by atoms with E-state index >= 15 is 0 Å². The van der Waals surface area contributed by atoms with E-state index in [2.05, 4.69) is 162 Å². The van der Waals surface area contributed by atoms with Gasteiger partial charge in [0.2, 0.25) is 0 Å². The zero-order valence-corrected chi connectivity index (χ0v) is 21.8. The number of benzene rings is 6. The maximum Gasteiger partial charge on any atom is 0.0547 e. The summed E-state index contributed by atoms with van der Waals surface area (Å²) in [5.41, 5.74) is 10.8. The van der Waals surface area contributed by atoms with Crippen LogP contribution in [-0.4, -0.2) is 11.6 Å². The largest absolute Gasteiger partial charge is 0.345 e. The molecule has 0 aliphatic heterocycles.